The molecule has 0 amide bonds. The number of carbonyl (C=O) groups is 1. The summed E-state index contributed by atoms with van der Waals surface area (Å²) in [5, 5.41) is 0. The molecule has 2 nitrogen and oxygen atoms in total. The van der Waals surface area contributed by atoms with Gasteiger partial charge in [-0.2, -0.15) is 0 Å². The molecule has 2 heteroatoms. The summed E-state index contributed by atoms with van der Waals surface area (Å²) in [6.07, 6.45) is 4.89. The van der Waals surface area contributed by atoms with Gasteiger partial charge >= 0.3 is 5.97 Å². The first-order valence-corrected chi connectivity index (χ1v) is 6.21. The van der Waals surface area contributed by atoms with Crippen molar-refractivity contribution < 1.29 is 9.53 Å². The van der Waals surface area contributed by atoms with Crippen molar-refractivity contribution in [2.75, 3.05) is 0 Å². The first-order valence-electron chi connectivity index (χ1n) is 6.21. The molecule has 1 aliphatic rings. The van der Waals surface area contributed by atoms with Crippen LogP contribution < -0.4 is 0 Å². The zero-order valence-corrected chi connectivity index (χ0v) is 11.0. The Morgan fingerprint density at radius 3 is 2.50 bits per heavy atom. The standard InChI is InChI=1S/C14H24O2/c1-10(2)13(15)16-14(4,5)12-8-6-7-11(3)9-12/h11-12H,1,6-9H2,2-5H3. The second kappa shape index (κ2) is 5.03. The Morgan fingerprint density at radius 1 is 1.38 bits per heavy atom. The molecule has 1 rings (SSSR count). The minimum absolute atomic E-state index is 0.261. The second-order valence-corrected chi connectivity index (χ2v) is 5.74. The fourth-order valence-corrected chi connectivity index (χ4v) is 2.47. The van der Waals surface area contributed by atoms with Crippen molar-refractivity contribution in [2.45, 2.75) is 59.0 Å². The van der Waals surface area contributed by atoms with Gasteiger partial charge in [-0.05, 0) is 45.4 Å². The van der Waals surface area contributed by atoms with Crippen LogP contribution in [0.2, 0.25) is 0 Å². The summed E-state index contributed by atoms with van der Waals surface area (Å²) in [7, 11) is 0. The highest BCUT2D eigenvalue weighted by Crippen LogP contribution is 2.37. The summed E-state index contributed by atoms with van der Waals surface area (Å²) in [5.74, 6) is 0.976. The highest BCUT2D eigenvalue weighted by Gasteiger charge is 2.35. The average molecular weight is 224 g/mol. The third-order valence-electron chi connectivity index (χ3n) is 3.62. The molecule has 0 saturated heterocycles. The van der Waals surface area contributed by atoms with Crippen molar-refractivity contribution >= 4 is 5.97 Å². The fraction of sp³-hybridized carbons (Fsp3) is 0.786. The van der Waals surface area contributed by atoms with Crippen molar-refractivity contribution in [3.05, 3.63) is 12.2 Å². The molecule has 2 atom stereocenters. The van der Waals surface area contributed by atoms with Gasteiger partial charge in [0, 0.05) is 5.57 Å². The van der Waals surface area contributed by atoms with Gasteiger partial charge in [0.05, 0.1) is 0 Å². The van der Waals surface area contributed by atoms with Gasteiger partial charge in [-0.15, -0.1) is 0 Å². The van der Waals surface area contributed by atoms with Gasteiger partial charge in [0.15, 0.2) is 0 Å². The molecule has 0 aromatic rings. The maximum absolute atomic E-state index is 11.6. The Bertz CT molecular complexity index is 278. The van der Waals surface area contributed by atoms with Crippen molar-refractivity contribution in [2.24, 2.45) is 11.8 Å². The molecule has 0 spiro atoms. The first-order chi connectivity index (χ1) is 7.33. The van der Waals surface area contributed by atoms with Gasteiger partial charge in [0.1, 0.15) is 5.60 Å². The van der Waals surface area contributed by atoms with E-state index in [0.717, 1.165) is 12.3 Å². The zero-order valence-electron chi connectivity index (χ0n) is 11.0. The first kappa shape index (κ1) is 13.3. The van der Waals surface area contributed by atoms with Crippen LogP contribution in [0.25, 0.3) is 0 Å². The number of ether oxygens (including phenoxy) is 1. The molecule has 0 radical (unpaired) electrons. The van der Waals surface area contributed by atoms with E-state index in [0.29, 0.717) is 11.5 Å². The Hall–Kier alpha value is -0.790. The number of hydrogen-bond acceptors (Lipinski definition) is 2. The third kappa shape index (κ3) is 3.36. The normalized spacial score (nSPS) is 26.2. The molecule has 1 aliphatic carbocycles. The van der Waals surface area contributed by atoms with Gasteiger partial charge in [-0.1, -0.05) is 26.3 Å². The summed E-state index contributed by atoms with van der Waals surface area (Å²) in [6, 6.07) is 0. The number of hydrogen-bond donors (Lipinski definition) is 0. The van der Waals surface area contributed by atoms with E-state index in [1.165, 1.54) is 19.3 Å². The van der Waals surface area contributed by atoms with Gasteiger partial charge in [-0.3, -0.25) is 0 Å². The summed E-state index contributed by atoms with van der Waals surface area (Å²) < 4.78 is 5.55. The van der Waals surface area contributed by atoms with Crippen LogP contribution in [0.1, 0.15) is 53.4 Å². The maximum Gasteiger partial charge on any atom is 0.333 e. The summed E-state index contributed by atoms with van der Waals surface area (Å²) in [6.45, 7) is 11.7. The molecule has 1 saturated carbocycles. The van der Waals surface area contributed by atoms with Crippen LogP contribution in [0.5, 0.6) is 0 Å². The minimum Gasteiger partial charge on any atom is -0.456 e. The van der Waals surface area contributed by atoms with E-state index in [1.54, 1.807) is 6.92 Å². The average Bonchev–Trinajstić information content (AvgIpc) is 2.17. The van der Waals surface area contributed by atoms with Gasteiger partial charge < -0.3 is 4.74 Å². The third-order valence-corrected chi connectivity index (χ3v) is 3.62. The SMILES string of the molecule is C=C(C)C(=O)OC(C)(C)C1CCCC(C)C1. The van der Waals surface area contributed by atoms with E-state index in [2.05, 4.69) is 13.5 Å². The van der Waals surface area contributed by atoms with E-state index in [-0.39, 0.29) is 11.6 Å². The Labute approximate surface area is 99.1 Å². The number of rotatable bonds is 3. The summed E-state index contributed by atoms with van der Waals surface area (Å²) in [4.78, 5) is 11.6. The smallest absolute Gasteiger partial charge is 0.333 e. The van der Waals surface area contributed by atoms with Crippen LogP contribution in [0.15, 0.2) is 12.2 Å². The number of esters is 1. The topological polar surface area (TPSA) is 26.3 Å². The van der Waals surface area contributed by atoms with E-state index in [1.807, 2.05) is 13.8 Å². The molecular weight excluding hydrogens is 200 g/mol. The van der Waals surface area contributed by atoms with Crippen molar-refractivity contribution in [3.63, 3.8) is 0 Å². The molecule has 0 bridgehead atoms. The molecule has 0 heterocycles. The predicted molar refractivity (Wildman–Crippen MR) is 66.1 cm³/mol. The van der Waals surface area contributed by atoms with E-state index in [9.17, 15) is 4.79 Å². The molecule has 0 aliphatic heterocycles. The largest absolute Gasteiger partial charge is 0.456 e. The maximum atomic E-state index is 11.6. The lowest BCUT2D eigenvalue weighted by molar-refractivity contribution is -0.158. The van der Waals surface area contributed by atoms with Gasteiger partial charge in [-0.25, -0.2) is 4.79 Å². The molecule has 1 fully saturated rings. The Morgan fingerprint density at radius 2 is 2.00 bits per heavy atom. The van der Waals surface area contributed by atoms with Gasteiger partial charge in [0.25, 0.3) is 0 Å². The van der Waals surface area contributed by atoms with Crippen molar-refractivity contribution in [1.29, 1.82) is 0 Å². The lowest BCUT2D eigenvalue weighted by Crippen LogP contribution is -2.39. The fourth-order valence-electron chi connectivity index (χ4n) is 2.47. The van der Waals surface area contributed by atoms with Crippen LogP contribution in [0.3, 0.4) is 0 Å². The summed E-state index contributed by atoms with van der Waals surface area (Å²) in [5.41, 5.74) is 0.127. The monoisotopic (exact) mass is 224 g/mol. The highest BCUT2D eigenvalue weighted by atomic mass is 16.6. The summed E-state index contributed by atoms with van der Waals surface area (Å²) >= 11 is 0. The van der Waals surface area contributed by atoms with Crippen LogP contribution in [-0.4, -0.2) is 11.6 Å². The van der Waals surface area contributed by atoms with Crippen LogP contribution >= 0.6 is 0 Å². The van der Waals surface area contributed by atoms with Crippen LogP contribution in [0.4, 0.5) is 0 Å². The van der Waals surface area contributed by atoms with E-state index >= 15 is 0 Å². The molecule has 0 N–H and O–H groups in total. The second-order valence-electron chi connectivity index (χ2n) is 5.74. The molecular formula is C14H24O2. The van der Waals surface area contributed by atoms with Crippen LogP contribution in [0, 0.1) is 11.8 Å². The molecule has 0 aromatic carbocycles. The Kier molecular flexibility index (Phi) is 4.17. The van der Waals surface area contributed by atoms with Crippen molar-refractivity contribution in [3.8, 4) is 0 Å². The predicted octanol–water partition coefficient (Wildman–Crippen LogP) is 3.71. The van der Waals surface area contributed by atoms with E-state index in [4.69, 9.17) is 4.74 Å². The minimum atomic E-state index is -0.356. The lowest BCUT2D eigenvalue weighted by Gasteiger charge is -2.38. The zero-order chi connectivity index (χ0) is 12.3. The van der Waals surface area contributed by atoms with Crippen LogP contribution in [-0.2, 0) is 9.53 Å². The highest BCUT2D eigenvalue weighted by molar-refractivity contribution is 5.87. The molecule has 0 aromatic heterocycles. The van der Waals surface area contributed by atoms with Gasteiger partial charge in [0.2, 0.25) is 0 Å². The molecule has 2 unspecified atom stereocenters. The molecule has 16 heavy (non-hydrogen) atoms. The Balaban J connectivity index is 2.61. The number of carbonyl (C=O) groups excluding carboxylic acids is 1. The molecule has 92 valence electrons. The lowest BCUT2D eigenvalue weighted by atomic mass is 9.74. The quantitative estimate of drug-likeness (QED) is 0.539. The van der Waals surface area contributed by atoms with Crippen molar-refractivity contribution in [1.82, 2.24) is 0 Å². The van der Waals surface area contributed by atoms with E-state index < -0.39 is 0 Å².